The molecule has 0 bridgehead atoms. The molecule has 0 aromatic heterocycles. The van der Waals surface area contributed by atoms with E-state index in [0.717, 1.165) is 17.1 Å². The molecule has 0 radical (unpaired) electrons. The Balaban J connectivity index is 1.44. The zero-order valence-corrected chi connectivity index (χ0v) is 20.4. The van der Waals surface area contributed by atoms with Crippen molar-refractivity contribution in [1.82, 2.24) is 0 Å². The topological polar surface area (TPSA) is 3.24 Å². The van der Waals surface area contributed by atoms with Crippen molar-refractivity contribution < 1.29 is 0 Å². The van der Waals surface area contributed by atoms with Crippen LogP contribution in [0.1, 0.15) is 0 Å². The summed E-state index contributed by atoms with van der Waals surface area (Å²) >= 11 is 0. The van der Waals surface area contributed by atoms with Gasteiger partial charge in [-0.05, 0) is 92.5 Å². The van der Waals surface area contributed by atoms with Gasteiger partial charge >= 0.3 is 0 Å². The second-order valence-electron chi connectivity index (χ2n) is 9.48. The van der Waals surface area contributed by atoms with Gasteiger partial charge in [-0.15, -0.1) is 0 Å². The van der Waals surface area contributed by atoms with Gasteiger partial charge in [0.05, 0.1) is 5.69 Å². The molecule has 7 aromatic rings. The van der Waals surface area contributed by atoms with E-state index < -0.39 is 0 Å². The molecule has 0 amide bonds. The minimum Gasteiger partial charge on any atom is -0.310 e. The van der Waals surface area contributed by atoms with Crippen molar-refractivity contribution in [2.24, 2.45) is 0 Å². The molecule has 0 saturated carbocycles. The fourth-order valence-corrected chi connectivity index (χ4v) is 5.35. The number of para-hydroxylation sites is 2. The third-order valence-corrected chi connectivity index (χ3v) is 7.15. The number of nitrogens with zero attached hydrogens (tertiary/aromatic N) is 1. The summed E-state index contributed by atoms with van der Waals surface area (Å²) in [5, 5.41) is 7.56. The molecular formula is C36H25N. The monoisotopic (exact) mass is 471 g/mol. The Morgan fingerprint density at radius 3 is 1.54 bits per heavy atom. The maximum absolute atomic E-state index is 2.37. The summed E-state index contributed by atoms with van der Waals surface area (Å²) in [5.41, 5.74) is 5.85. The van der Waals surface area contributed by atoms with E-state index in [1.54, 1.807) is 0 Å². The van der Waals surface area contributed by atoms with Crippen molar-refractivity contribution in [2.75, 3.05) is 4.90 Å². The summed E-state index contributed by atoms with van der Waals surface area (Å²) < 4.78 is 0. The highest BCUT2D eigenvalue weighted by atomic mass is 15.1. The van der Waals surface area contributed by atoms with Gasteiger partial charge < -0.3 is 4.90 Å². The summed E-state index contributed by atoms with van der Waals surface area (Å²) in [6.07, 6.45) is 0. The van der Waals surface area contributed by atoms with Crippen LogP contribution >= 0.6 is 0 Å². The lowest BCUT2D eigenvalue weighted by Gasteiger charge is -2.28. The largest absolute Gasteiger partial charge is 0.310 e. The third kappa shape index (κ3) is 3.91. The van der Waals surface area contributed by atoms with E-state index in [1.807, 2.05) is 0 Å². The lowest BCUT2D eigenvalue weighted by Crippen LogP contribution is -2.11. The lowest BCUT2D eigenvalue weighted by molar-refractivity contribution is 1.29. The molecule has 0 unspecified atom stereocenters. The van der Waals surface area contributed by atoms with Crippen LogP contribution in [-0.2, 0) is 0 Å². The standard InChI is InChI=1S/C36H25N/c1-3-11-26(12-4-1)35-17-9-10-18-36(35)37(33-15-5-2-6-16-33)34-20-19-29-23-30-21-27-13-7-8-14-28(27)22-31(30)24-32(29)25-34/h1-25H. The molecular weight excluding hydrogens is 446 g/mol. The molecule has 0 fully saturated rings. The first-order valence-corrected chi connectivity index (χ1v) is 12.7. The average molecular weight is 472 g/mol. The Morgan fingerprint density at radius 1 is 0.324 bits per heavy atom. The fourth-order valence-electron chi connectivity index (χ4n) is 5.35. The van der Waals surface area contributed by atoms with Crippen molar-refractivity contribution in [3.63, 3.8) is 0 Å². The van der Waals surface area contributed by atoms with E-state index >= 15 is 0 Å². The van der Waals surface area contributed by atoms with Gasteiger partial charge in [-0.2, -0.15) is 0 Å². The Kier molecular flexibility index (Phi) is 5.19. The van der Waals surface area contributed by atoms with Gasteiger partial charge in [0.15, 0.2) is 0 Å². The molecule has 1 nitrogen and oxygen atoms in total. The van der Waals surface area contributed by atoms with Gasteiger partial charge in [0.1, 0.15) is 0 Å². The van der Waals surface area contributed by atoms with Crippen molar-refractivity contribution in [1.29, 1.82) is 0 Å². The summed E-state index contributed by atoms with van der Waals surface area (Å²) in [5.74, 6) is 0. The van der Waals surface area contributed by atoms with Crippen LogP contribution in [0.3, 0.4) is 0 Å². The maximum Gasteiger partial charge on any atom is 0.0540 e. The molecule has 174 valence electrons. The van der Waals surface area contributed by atoms with Crippen molar-refractivity contribution in [3.05, 3.63) is 152 Å². The zero-order valence-electron chi connectivity index (χ0n) is 20.4. The third-order valence-electron chi connectivity index (χ3n) is 7.15. The second kappa shape index (κ2) is 8.96. The molecule has 0 heterocycles. The molecule has 0 atom stereocenters. The maximum atomic E-state index is 2.37. The van der Waals surface area contributed by atoms with Crippen LogP contribution in [0, 0.1) is 0 Å². The quantitative estimate of drug-likeness (QED) is 0.231. The predicted molar refractivity (Wildman–Crippen MR) is 159 cm³/mol. The number of anilines is 3. The van der Waals surface area contributed by atoms with E-state index in [1.165, 1.54) is 43.4 Å². The van der Waals surface area contributed by atoms with Crippen LogP contribution in [0.5, 0.6) is 0 Å². The lowest BCUT2D eigenvalue weighted by atomic mass is 9.98. The van der Waals surface area contributed by atoms with E-state index in [9.17, 15) is 0 Å². The van der Waals surface area contributed by atoms with Crippen LogP contribution in [0.25, 0.3) is 43.4 Å². The average Bonchev–Trinajstić information content (AvgIpc) is 2.96. The molecule has 0 aliphatic carbocycles. The number of rotatable bonds is 4. The molecule has 0 saturated heterocycles. The number of fused-ring (bicyclic) bond motifs is 3. The molecule has 0 aliphatic rings. The second-order valence-corrected chi connectivity index (χ2v) is 9.48. The Morgan fingerprint density at radius 2 is 0.838 bits per heavy atom. The Bertz CT molecular complexity index is 1870. The first-order chi connectivity index (χ1) is 18.3. The Labute approximate surface area is 216 Å². The molecule has 37 heavy (non-hydrogen) atoms. The number of benzene rings is 7. The minimum absolute atomic E-state index is 1.14. The number of hydrogen-bond acceptors (Lipinski definition) is 1. The van der Waals surface area contributed by atoms with Crippen LogP contribution in [0.4, 0.5) is 17.1 Å². The van der Waals surface area contributed by atoms with Crippen molar-refractivity contribution in [2.45, 2.75) is 0 Å². The molecule has 0 N–H and O–H groups in total. The van der Waals surface area contributed by atoms with Crippen LogP contribution in [-0.4, -0.2) is 0 Å². The van der Waals surface area contributed by atoms with Crippen LogP contribution < -0.4 is 4.90 Å². The summed E-state index contributed by atoms with van der Waals surface area (Å²) in [6.45, 7) is 0. The predicted octanol–water partition coefficient (Wildman–Crippen LogP) is 10.3. The van der Waals surface area contributed by atoms with Gasteiger partial charge in [-0.1, -0.05) is 97.1 Å². The normalized spacial score (nSPS) is 11.2. The minimum atomic E-state index is 1.14. The Hall–Kier alpha value is -4.88. The number of hydrogen-bond donors (Lipinski definition) is 0. The smallest absolute Gasteiger partial charge is 0.0540 e. The van der Waals surface area contributed by atoms with Crippen molar-refractivity contribution >= 4 is 49.4 Å². The SMILES string of the molecule is c1ccc(-c2ccccc2N(c2ccccc2)c2ccc3cc4cc5ccccc5cc4cc3c2)cc1. The van der Waals surface area contributed by atoms with Gasteiger partial charge in [0, 0.05) is 16.9 Å². The van der Waals surface area contributed by atoms with E-state index in [0.29, 0.717) is 0 Å². The molecule has 7 rings (SSSR count). The van der Waals surface area contributed by atoms with Crippen LogP contribution in [0.2, 0.25) is 0 Å². The fraction of sp³-hybridized carbons (Fsp3) is 0. The summed E-state index contributed by atoms with van der Waals surface area (Å²) in [7, 11) is 0. The molecule has 0 aliphatic heterocycles. The summed E-state index contributed by atoms with van der Waals surface area (Å²) in [6, 6.07) is 54.6. The van der Waals surface area contributed by atoms with E-state index in [-0.39, 0.29) is 0 Å². The van der Waals surface area contributed by atoms with Crippen molar-refractivity contribution in [3.8, 4) is 11.1 Å². The molecule has 0 spiro atoms. The zero-order chi connectivity index (χ0) is 24.6. The highest BCUT2D eigenvalue weighted by Gasteiger charge is 2.17. The van der Waals surface area contributed by atoms with Gasteiger partial charge in [0.25, 0.3) is 0 Å². The van der Waals surface area contributed by atoms with Gasteiger partial charge in [-0.25, -0.2) is 0 Å². The van der Waals surface area contributed by atoms with Crippen LogP contribution in [0.15, 0.2) is 152 Å². The van der Waals surface area contributed by atoms with E-state index in [2.05, 4.69) is 157 Å². The summed E-state index contributed by atoms with van der Waals surface area (Å²) in [4.78, 5) is 2.37. The molecule has 7 aromatic carbocycles. The van der Waals surface area contributed by atoms with Gasteiger partial charge in [-0.3, -0.25) is 0 Å². The van der Waals surface area contributed by atoms with E-state index in [4.69, 9.17) is 0 Å². The molecule has 1 heteroatoms. The van der Waals surface area contributed by atoms with Gasteiger partial charge in [0.2, 0.25) is 0 Å². The first kappa shape index (κ1) is 21.4. The highest BCUT2D eigenvalue weighted by Crippen LogP contribution is 2.41. The highest BCUT2D eigenvalue weighted by molar-refractivity contribution is 6.05. The first-order valence-electron chi connectivity index (χ1n) is 12.7.